The average Bonchev–Trinajstić information content (AvgIpc) is 3.13. The second-order valence-electron chi connectivity index (χ2n) is 9.06. The van der Waals surface area contributed by atoms with Gasteiger partial charge in [-0.2, -0.15) is 0 Å². The number of likely N-dealkylation sites (N-methyl/N-ethyl adjacent to an activating group) is 1. The molecule has 0 saturated carbocycles. The first kappa shape index (κ1) is 26.4. The molecule has 0 spiro atoms. The standard InChI is InChI=1S/C26H51N2O/c1-3-5-6-7-8-9-10-11-12-13-14-15-16-17-18-19-20-21-26-27-22-23-28(26,4-2)24-25-29/h13-14,22,26,29H,3-12,15-21,23-25H2,1-2H3/q+1/b14-13+. The SMILES string of the molecule is CCCCCCCCCC/C=C/CCCCCCCC1N=CC[N+]1(CC)CCO. The summed E-state index contributed by atoms with van der Waals surface area (Å²) in [4.78, 5) is 4.72. The van der Waals surface area contributed by atoms with Crippen LogP contribution in [0.15, 0.2) is 17.1 Å². The summed E-state index contributed by atoms with van der Waals surface area (Å²) in [6.45, 7) is 7.74. The lowest BCUT2D eigenvalue weighted by Crippen LogP contribution is -2.53. The van der Waals surface area contributed by atoms with Crippen molar-refractivity contribution in [2.45, 2.75) is 123 Å². The maximum absolute atomic E-state index is 9.38. The maximum Gasteiger partial charge on any atom is 0.182 e. The third-order valence-corrected chi connectivity index (χ3v) is 6.75. The molecule has 0 aromatic rings. The first-order valence-electron chi connectivity index (χ1n) is 12.9. The summed E-state index contributed by atoms with van der Waals surface area (Å²) in [5.74, 6) is 0. The van der Waals surface area contributed by atoms with Gasteiger partial charge in [-0.15, -0.1) is 0 Å². The lowest BCUT2D eigenvalue weighted by molar-refractivity contribution is -0.936. The fraction of sp³-hybridized carbons (Fsp3) is 0.885. The quantitative estimate of drug-likeness (QED) is 0.131. The summed E-state index contributed by atoms with van der Waals surface area (Å²) >= 11 is 0. The normalized spacial score (nSPS) is 21.6. The largest absolute Gasteiger partial charge is 0.391 e. The zero-order valence-corrected chi connectivity index (χ0v) is 19.8. The van der Waals surface area contributed by atoms with E-state index in [1.807, 2.05) is 0 Å². The van der Waals surface area contributed by atoms with E-state index in [2.05, 4.69) is 32.2 Å². The average molecular weight is 408 g/mol. The van der Waals surface area contributed by atoms with Crippen LogP contribution in [0, 0.1) is 0 Å². The van der Waals surface area contributed by atoms with Crippen LogP contribution in [0.3, 0.4) is 0 Å². The van der Waals surface area contributed by atoms with Gasteiger partial charge >= 0.3 is 0 Å². The smallest absolute Gasteiger partial charge is 0.182 e. The van der Waals surface area contributed by atoms with Crippen LogP contribution < -0.4 is 0 Å². The van der Waals surface area contributed by atoms with Gasteiger partial charge in [-0.25, -0.2) is 4.99 Å². The minimum absolute atomic E-state index is 0.278. The van der Waals surface area contributed by atoms with E-state index in [0.29, 0.717) is 6.17 Å². The molecule has 1 aliphatic rings. The zero-order valence-electron chi connectivity index (χ0n) is 19.8. The topological polar surface area (TPSA) is 32.6 Å². The van der Waals surface area contributed by atoms with Gasteiger partial charge in [0.25, 0.3) is 0 Å². The Labute approximate surface area is 182 Å². The number of aliphatic imine (C=N–C) groups is 1. The summed E-state index contributed by atoms with van der Waals surface area (Å²) < 4.78 is 0.972. The van der Waals surface area contributed by atoms with Crippen LogP contribution in [-0.4, -0.2) is 48.2 Å². The van der Waals surface area contributed by atoms with Crippen LogP contribution in [0.25, 0.3) is 0 Å². The van der Waals surface area contributed by atoms with E-state index in [4.69, 9.17) is 4.99 Å². The van der Waals surface area contributed by atoms with Gasteiger partial charge in [-0.1, -0.05) is 83.3 Å². The van der Waals surface area contributed by atoms with E-state index >= 15 is 0 Å². The number of unbranched alkanes of at least 4 members (excludes halogenated alkanes) is 13. The van der Waals surface area contributed by atoms with Crippen molar-refractivity contribution in [3.8, 4) is 0 Å². The monoisotopic (exact) mass is 407 g/mol. The summed E-state index contributed by atoms with van der Waals surface area (Å²) in [5, 5.41) is 9.38. The Kier molecular flexibility index (Phi) is 16.5. The van der Waals surface area contributed by atoms with Crippen molar-refractivity contribution >= 4 is 6.21 Å². The Balaban J connectivity index is 1.88. The van der Waals surface area contributed by atoms with Crippen molar-refractivity contribution in [3.63, 3.8) is 0 Å². The molecule has 170 valence electrons. The molecule has 3 heteroatoms. The van der Waals surface area contributed by atoms with Gasteiger partial charge in [0.2, 0.25) is 0 Å². The zero-order chi connectivity index (χ0) is 21.0. The van der Waals surface area contributed by atoms with Gasteiger partial charge < -0.3 is 5.11 Å². The predicted octanol–water partition coefficient (Wildman–Crippen LogP) is 7.04. The molecule has 1 heterocycles. The Morgan fingerprint density at radius 1 is 0.828 bits per heavy atom. The molecule has 1 aliphatic heterocycles. The predicted molar refractivity (Wildman–Crippen MR) is 129 cm³/mol. The Morgan fingerprint density at radius 3 is 1.93 bits per heavy atom. The lowest BCUT2D eigenvalue weighted by atomic mass is 10.1. The van der Waals surface area contributed by atoms with Crippen molar-refractivity contribution in [2.24, 2.45) is 4.99 Å². The third-order valence-electron chi connectivity index (χ3n) is 6.75. The van der Waals surface area contributed by atoms with Crippen LogP contribution in [0.5, 0.6) is 0 Å². The van der Waals surface area contributed by atoms with Crippen molar-refractivity contribution < 1.29 is 9.59 Å². The highest BCUT2D eigenvalue weighted by Gasteiger charge is 2.36. The highest BCUT2D eigenvalue weighted by atomic mass is 16.3. The summed E-state index contributed by atoms with van der Waals surface area (Å²) in [7, 11) is 0. The molecular weight excluding hydrogens is 356 g/mol. The molecule has 0 saturated heterocycles. The highest BCUT2D eigenvalue weighted by Crippen LogP contribution is 2.24. The molecule has 0 aromatic carbocycles. The molecule has 0 radical (unpaired) electrons. The number of aliphatic hydroxyl groups is 1. The van der Waals surface area contributed by atoms with E-state index in [1.54, 1.807) is 0 Å². The number of allylic oxidation sites excluding steroid dienone is 2. The van der Waals surface area contributed by atoms with Gasteiger partial charge in [0.15, 0.2) is 6.17 Å². The molecule has 29 heavy (non-hydrogen) atoms. The van der Waals surface area contributed by atoms with Gasteiger partial charge in [0.1, 0.15) is 13.1 Å². The molecule has 2 unspecified atom stereocenters. The number of rotatable bonds is 20. The van der Waals surface area contributed by atoms with Crippen LogP contribution in [0.2, 0.25) is 0 Å². The van der Waals surface area contributed by atoms with E-state index in [9.17, 15) is 5.11 Å². The van der Waals surface area contributed by atoms with Crippen molar-refractivity contribution in [3.05, 3.63) is 12.2 Å². The minimum Gasteiger partial charge on any atom is -0.391 e. The molecule has 0 aromatic heterocycles. The molecule has 1 N–H and O–H groups in total. The summed E-state index contributed by atoms with van der Waals surface area (Å²) in [6.07, 6.45) is 29.0. The van der Waals surface area contributed by atoms with Gasteiger partial charge in [0.05, 0.1) is 19.4 Å². The molecule has 1 rings (SSSR count). The van der Waals surface area contributed by atoms with Crippen LogP contribution in [0.1, 0.15) is 117 Å². The number of hydrogen-bond donors (Lipinski definition) is 1. The van der Waals surface area contributed by atoms with Crippen LogP contribution in [-0.2, 0) is 0 Å². The fourth-order valence-corrected chi connectivity index (χ4v) is 4.63. The van der Waals surface area contributed by atoms with Crippen molar-refractivity contribution in [1.29, 1.82) is 0 Å². The second-order valence-corrected chi connectivity index (χ2v) is 9.06. The molecular formula is C26H51N2O+. The number of hydrogen-bond acceptors (Lipinski definition) is 2. The summed E-state index contributed by atoms with van der Waals surface area (Å²) in [5.41, 5.74) is 0. The molecule has 0 bridgehead atoms. The number of nitrogens with zero attached hydrogens (tertiary/aromatic N) is 2. The maximum atomic E-state index is 9.38. The molecule has 0 amide bonds. The van der Waals surface area contributed by atoms with Gasteiger partial charge in [-0.3, -0.25) is 4.48 Å². The van der Waals surface area contributed by atoms with Crippen molar-refractivity contribution in [1.82, 2.24) is 0 Å². The fourth-order valence-electron chi connectivity index (χ4n) is 4.63. The van der Waals surface area contributed by atoms with E-state index < -0.39 is 0 Å². The third kappa shape index (κ3) is 11.9. The highest BCUT2D eigenvalue weighted by molar-refractivity contribution is 5.60. The van der Waals surface area contributed by atoms with E-state index in [-0.39, 0.29) is 6.61 Å². The Bertz CT molecular complexity index is 421. The first-order chi connectivity index (χ1) is 14.3. The molecule has 2 atom stereocenters. The first-order valence-corrected chi connectivity index (χ1v) is 12.9. The molecule has 0 fully saturated rings. The molecule has 3 nitrogen and oxygen atoms in total. The summed E-state index contributed by atoms with van der Waals surface area (Å²) in [6, 6.07) is 0. The Hall–Kier alpha value is -0.670. The van der Waals surface area contributed by atoms with E-state index in [1.165, 1.54) is 103 Å². The number of quaternary nitrogens is 1. The van der Waals surface area contributed by atoms with Crippen molar-refractivity contribution in [2.75, 3.05) is 26.2 Å². The molecule has 0 aliphatic carbocycles. The lowest BCUT2D eigenvalue weighted by Gasteiger charge is -2.37. The van der Waals surface area contributed by atoms with Crippen LogP contribution >= 0.6 is 0 Å². The second kappa shape index (κ2) is 18.1. The minimum atomic E-state index is 0.278. The Morgan fingerprint density at radius 2 is 1.38 bits per heavy atom. The van der Waals surface area contributed by atoms with Gasteiger partial charge in [-0.05, 0) is 39.0 Å². The van der Waals surface area contributed by atoms with Crippen LogP contribution in [0.4, 0.5) is 0 Å². The van der Waals surface area contributed by atoms with E-state index in [0.717, 1.165) is 24.1 Å². The van der Waals surface area contributed by atoms with Gasteiger partial charge in [0, 0.05) is 6.42 Å². The number of aliphatic hydroxyl groups excluding tert-OH is 1.